The van der Waals surface area contributed by atoms with Crippen LogP contribution in [0.1, 0.15) is 18.7 Å². The van der Waals surface area contributed by atoms with E-state index < -0.39 is 0 Å². The zero-order chi connectivity index (χ0) is 8.23. The summed E-state index contributed by atoms with van der Waals surface area (Å²) in [6, 6.07) is 0. The molecule has 4 nitrogen and oxygen atoms in total. The van der Waals surface area contributed by atoms with E-state index in [1.54, 1.807) is 6.33 Å². The van der Waals surface area contributed by atoms with Crippen molar-refractivity contribution < 1.29 is 4.74 Å². The van der Waals surface area contributed by atoms with Crippen LogP contribution in [0.5, 0.6) is 0 Å². The Hall–Kier alpha value is -0.900. The Labute approximate surface area is 71.3 Å². The average Bonchev–Trinajstić information content (AvgIpc) is 2.59. The maximum Gasteiger partial charge on any atom is 0.137 e. The van der Waals surface area contributed by atoms with Crippen molar-refractivity contribution in [3.8, 4) is 0 Å². The fraction of sp³-hybridized carbons (Fsp3) is 0.750. The maximum atomic E-state index is 5.27. The van der Waals surface area contributed by atoms with Gasteiger partial charge in [-0.05, 0) is 18.8 Å². The van der Waals surface area contributed by atoms with Gasteiger partial charge in [0.25, 0.3) is 0 Å². The van der Waals surface area contributed by atoms with Gasteiger partial charge in [0, 0.05) is 19.6 Å². The Morgan fingerprint density at radius 1 is 1.50 bits per heavy atom. The highest BCUT2D eigenvalue weighted by Crippen LogP contribution is 2.17. The molecule has 1 aromatic heterocycles. The van der Waals surface area contributed by atoms with E-state index in [0.29, 0.717) is 0 Å². The SMILES string of the molecule is c1n[nH]c(CC2CCOCC2)n1. The summed E-state index contributed by atoms with van der Waals surface area (Å²) in [7, 11) is 0. The van der Waals surface area contributed by atoms with Gasteiger partial charge in [0.1, 0.15) is 12.2 Å². The first kappa shape index (κ1) is 7.73. The molecule has 0 radical (unpaired) electrons. The van der Waals surface area contributed by atoms with Crippen LogP contribution in [-0.2, 0) is 11.2 Å². The van der Waals surface area contributed by atoms with Gasteiger partial charge in [0.2, 0.25) is 0 Å². The molecule has 0 saturated carbocycles. The highest BCUT2D eigenvalue weighted by atomic mass is 16.5. The van der Waals surface area contributed by atoms with Crippen LogP contribution in [0.4, 0.5) is 0 Å². The molecule has 0 amide bonds. The number of ether oxygens (including phenoxy) is 1. The second-order valence-corrected chi connectivity index (χ2v) is 3.19. The molecule has 1 aromatic rings. The standard InChI is InChI=1S/C8H13N3O/c1-3-12-4-2-7(1)5-8-9-6-10-11-8/h6-7H,1-5H2,(H,9,10,11). The largest absolute Gasteiger partial charge is 0.381 e. The highest BCUT2D eigenvalue weighted by molar-refractivity contribution is 4.83. The summed E-state index contributed by atoms with van der Waals surface area (Å²) in [6.45, 7) is 1.80. The lowest BCUT2D eigenvalue weighted by molar-refractivity contribution is 0.0660. The molecular weight excluding hydrogens is 154 g/mol. The third-order valence-electron chi connectivity index (χ3n) is 2.29. The van der Waals surface area contributed by atoms with Crippen molar-refractivity contribution in [1.29, 1.82) is 0 Å². The van der Waals surface area contributed by atoms with Gasteiger partial charge in [-0.1, -0.05) is 0 Å². The van der Waals surface area contributed by atoms with E-state index >= 15 is 0 Å². The van der Waals surface area contributed by atoms with Crippen LogP contribution in [0, 0.1) is 5.92 Å². The number of H-pyrrole nitrogens is 1. The van der Waals surface area contributed by atoms with Gasteiger partial charge in [0.05, 0.1) is 0 Å². The number of rotatable bonds is 2. The van der Waals surface area contributed by atoms with E-state index in [9.17, 15) is 0 Å². The van der Waals surface area contributed by atoms with E-state index in [1.807, 2.05) is 0 Å². The van der Waals surface area contributed by atoms with Crippen molar-refractivity contribution in [2.24, 2.45) is 5.92 Å². The van der Waals surface area contributed by atoms with Gasteiger partial charge in [0.15, 0.2) is 0 Å². The topological polar surface area (TPSA) is 50.8 Å². The zero-order valence-corrected chi connectivity index (χ0v) is 6.99. The van der Waals surface area contributed by atoms with E-state index in [4.69, 9.17) is 4.74 Å². The minimum absolute atomic E-state index is 0.728. The lowest BCUT2D eigenvalue weighted by Crippen LogP contribution is -2.18. The van der Waals surface area contributed by atoms with Gasteiger partial charge in [-0.3, -0.25) is 5.10 Å². The summed E-state index contributed by atoms with van der Waals surface area (Å²) in [4.78, 5) is 4.10. The predicted octanol–water partition coefficient (Wildman–Crippen LogP) is 0.774. The van der Waals surface area contributed by atoms with E-state index in [1.165, 1.54) is 0 Å². The first-order valence-corrected chi connectivity index (χ1v) is 4.37. The van der Waals surface area contributed by atoms with Crippen LogP contribution in [0.3, 0.4) is 0 Å². The first-order valence-electron chi connectivity index (χ1n) is 4.37. The number of nitrogens with zero attached hydrogens (tertiary/aromatic N) is 2. The van der Waals surface area contributed by atoms with Gasteiger partial charge in [-0.15, -0.1) is 0 Å². The minimum Gasteiger partial charge on any atom is -0.381 e. The average molecular weight is 167 g/mol. The molecule has 66 valence electrons. The Bertz CT molecular complexity index is 216. The zero-order valence-electron chi connectivity index (χ0n) is 6.99. The quantitative estimate of drug-likeness (QED) is 0.708. The number of aromatic amines is 1. The van der Waals surface area contributed by atoms with Gasteiger partial charge >= 0.3 is 0 Å². The summed E-state index contributed by atoms with van der Waals surface area (Å²) >= 11 is 0. The van der Waals surface area contributed by atoms with Crippen molar-refractivity contribution in [2.75, 3.05) is 13.2 Å². The molecule has 1 saturated heterocycles. The van der Waals surface area contributed by atoms with Crippen molar-refractivity contribution in [1.82, 2.24) is 15.2 Å². The van der Waals surface area contributed by atoms with Crippen molar-refractivity contribution in [3.63, 3.8) is 0 Å². The summed E-state index contributed by atoms with van der Waals surface area (Å²) < 4.78 is 5.27. The third kappa shape index (κ3) is 1.82. The van der Waals surface area contributed by atoms with Crippen LogP contribution in [-0.4, -0.2) is 28.4 Å². The number of hydrogen-bond donors (Lipinski definition) is 1. The molecule has 0 unspecified atom stereocenters. The molecule has 1 aliphatic heterocycles. The molecule has 0 bridgehead atoms. The normalized spacial score (nSPS) is 19.7. The van der Waals surface area contributed by atoms with Crippen LogP contribution < -0.4 is 0 Å². The number of nitrogens with one attached hydrogen (secondary N) is 1. The molecule has 2 heterocycles. The second kappa shape index (κ2) is 3.67. The van der Waals surface area contributed by atoms with Crippen LogP contribution in [0.25, 0.3) is 0 Å². The number of aromatic nitrogens is 3. The van der Waals surface area contributed by atoms with Crippen molar-refractivity contribution in [2.45, 2.75) is 19.3 Å². The third-order valence-corrected chi connectivity index (χ3v) is 2.29. The van der Waals surface area contributed by atoms with E-state index in [2.05, 4.69) is 15.2 Å². The Morgan fingerprint density at radius 2 is 2.33 bits per heavy atom. The number of hydrogen-bond acceptors (Lipinski definition) is 3. The van der Waals surface area contributed by atoms with Gasteiger partial charge in [-0.25, -0.2) is 4.98 Å². The maximum absolute atomic E-state index is 5.27. The fourth-order valence-corrected chi connectivity index (χ4v) is 1.55. The highest BCUT2D eigenvalue weighted by Gasteiger charge is 2.14. The lowest BCUT2D eigenvalue weighted by atomic mass is 9.96. The molecule has 4 heteroatoms. The van der Waals surface area contributed by atoms with Crippen LogP contribution in [0.15, 0.2) is 6.33 Å². The van der Waals surface area contributed by atoms with Gasteiger partial charge < -0.3 is 4.74 Å². The molecule has 0 aromatic carbocycles. The van der Waals surface area contributed by atoms with E-state index in [0.717, 1.165) is 44.2 Å². The molecule has 2 rings (SSSR count). The predicted molar refractivity (Wildman–Crippen MR) is 43.6 cm³/mol. The second-order valence-electron chi connectivity index (χ2n) is 3.19. The summed E-state index contributed by atoms with van der Waals surface area (Å²) in [6.07, 6.45) is 4.89. The molecule has 12 heavy (non-hydrogen) atoms. The monoisotopic (exact) mass is 167 g/mol. The van der Waals surface area contributed by atoms with Gasteiger partial charge in [-0.2, -0.15) is 5.10 Å². The van der Waals surface area contributed by atoms with Crippen LogP contribution in [0.2, 0.25) is 0 Å². The molecule has 1 aliphatic rings. The van der Waals surface area contributed by atoms with Crippen molar-refractivity contribution >= 4 is 0 Å². The summed E-state index contributed by atoms with van der Waals surface area (Å²) in [5.41, 5.74) is 0. The molecule has 0 aliphatic carbocycles. The molecule has 0 atom stereocenters. The first-order chi connectivity index (χ1) is 5.95. The molecule has 1 N–H and O–H groups in total. The molecular formula is C8H13N3O. The summed E-state index contributed by atoms with van der Waals surface area (Å²) in [5, 5.41) is 6.70. The molecule has 1 fully saturated rings. The Balaban J connectivity index is 1.86. The summed E-state index contributed by atoms with van der Waals surface area (Å²) in [5.74, 6) is 1.73. The smallest absolute Gasteiger partial charge is 0.137 e. The Kier molecular flexibility index (Phi) is 2.36. The van der Waals surface area contributed by atoms with E-state index in [-0.39, 0.29) is 0 Å². The minimum atomic E-state index is 0.728. The fourth-order valence-electron chi connectivity index (χ4n) is 1.55. The van der Waals surface area contributed by atoms with Crippen LogP contribution >= 0.6 is 0 Å². The Morgan fingerprint density at radius 3 is 3.00 bits per heavy atom. The van der Waals surface area contributed by atoms with Crippen molar-refractivity contribution in [3.05, 3.63) is 12.2 Å². The molecule has 0 spiro atoms. The lowest BCUT2D eigenvalue weighted by Gasteiger charge is -2.20.